The summed E-state index contributed by atoms with van der Waals surface area (Å²) in [6.07, 6.45) is 2.05. The van der Waals surface area contributed by atoms with Gasteiger partial charge in [-0.3, -0.25) is 0 Å². The largest absolute Gasteiger partial charge is 0.445 e. The van der Waals surface area contributed by atoms with E-state index in [-0.39, 0.29) is 12.1 Å². The molecule has 1 N–H and O–H groups in total. The Kier molecular flexibility index (Phi) is 3.99. The number of carbonyl (C=O) groups is 1. The number of benzene rings is 1. The zero-order chi connectivity index (χ0) is 12.8. The molecule has 4 nitrogen and oxygen atoms in total. The second-order valence-electron chi connectivity index (χ2n) is 4.45. The van der Waals surface area contributed by atoms with Gasteiger partial charge in [-0.25, -0.2) is 4.79 Å². The first kappa shape index (κ1) is 12.6. The molecule has 0 aliphatic carbocycles. The Bertz CT molecular complexity index is 412. The van der Waals surface area contributed by atoms with Gasteiger partial charge in [0.2, 0.25) is 0 Å². The first-order chi connectivity index (χ1) is 8.74. The number of ether oxygens (including phenoxy) is 2. The van der Waals surface area contributed by atoms with E-state index < -0.39 is 6.09 Å². The van der Waals surface area contributed by atoms with Gasteiger partial charge < -0.3 is 14.8 Å². The van der Waals surface area contributed by atoms with Gasteiger partial charge >= 0.3 is 6.09 Å². The fourth-order valence-electron chi connectivity index (χ4n) is 1.84. The van der Waals surface area contributed by atoms with Gasteiger partial charge in [-0.15, -0.1) is 6.58 Å². The summed E-state index contributed by atoms with van der Waals surface area (Å²) >= 11 is 0. The molecule has 0 bridgehead atoms. The Hall–Kier alpha value is -1.81. The van der Waals surface area contributed by atoms with Crippen molar-refractivity contribution in [1.29, 1.82) is 0 Å². The summed E-state index contributed by atoms with van der Waals surface area (Å²) in [6, 6.07) is 9.58. The zero-order valence-corrected chi connectivity index (χ0v) is 10.2. The van der Waals surface area contributed by atoms with E-state index in [9.17, 15) is 4.79 Å². The van der Waals surface area contributed by atoms with E-state index in [1.54, 1.807) is 6.08 Å². The lowest BCUT2D eigenvalue weighted by Gasteiger charge is -2.40. The number of rotatable bonds is 5. The number of amides is 1. The minimum absolute atomic E-state index is 0.275. The van der Waals surface area contributed by atoms with Crippen LogP contribution >= 0.6 is 0 Å². The van der Waals surface area contributed by atoms with Crippen molar-refractivity contribution in [2.75, 3.05) is 13.2 Å². The molecule has 1 aromatic rings. The molecule has 4 heteroatoms. The van der Waals surface area contributed by atoms with Crippen molar-refractivity contribution in [3.05, 3.63) is 48.6 Å². The van der Waals surface area contributed by atoms with Crippen LogP contribution in [0.25, 0.3) is 0 Å². The van der Waals surface area contributed by atoms with Crippen LogP contribution in [0.5, 0.6) is 0 Å². The molecule has 1 aliphatic rings. The highest BCUT2D eigenvalue weighted by Crippen LogP contribution is 2.21. The summed E-state index contributed by atoms with van der Waals surface area (Å²) in [7, 11) is 0. The van der Waals surface area contributed by atoms with Gasteiger partial charge in [-0.1, -0.05) is 36.4 Å². The van der Waals surface area contributed by atoms with Crippen molar-refractivity contribution in [3.63, 3.8) is 0 Å². The number of hydrogen-bond acceptors (Lipinski definition) is 3. The molecular weight excluding hydrogens is 230 g/mol. The second kappa shape index (κ2) is 5.69. The molecule has 2 rings (SSSR count). The van der Waals surface area contributed by atoms with E-state index in [1.807, 2.05) is 30.3 Å². The lowest BCUT2D eigenvalue weighted by molar-refractivity contribution is -0.0704. The molecule has 0 unspecified atom stereocenters. The van der Waals surface area contributed by atoms with Crippen LogP contribution in [0.15, 0.2) is 43.0 Å². The topological polar surface area (TPSA) is 47.6 Å². The third kappa shape index (κ3) is 3.11. The number of carbonyl (C=O) groups excluding carboxylic acids is 1. The van der Waals surface area contributed by atoms with Crippen molar-refractivity contribution in [2.24, 2.45) is 0 Å². The van der Waals surface area contributed by atoms with Crippen molar-refractivity contribution in [2.45, 2.75) is 18.6 Å². The molecule has 0 atom stereocenters. The Labute approximate surface area is 107 Å². The molecule has 1 fully saturated rings. The fourth-order valence-corrected chi connectivity index (χ4v) is 1.84. The van der Waals surface area contributed by atoms with Crippen LogP contribution < -0.4 is 5.32 Å². The maximum Gasteiger partial charge on any atom is 0.408 e. The van der Waals surface area contributed by atoms with E-state index in [0.29, 0.717) is 19.6 Å². The van der Waals surface area contributed by atoms with Crippen LogP contribution in [0.4, 0.5) is 4.79 Å². The van der Waals surface area contributed by atoms with Gasteiger partial charge in [0.25, 0.3) is 0 Å². The normalized spacial score (nSPS) is 16.4. The SMILES string of the molecule is C=CCC1(NC(=O)OCc2ccccc2)COC1. The van der Waals surface area contributed by atoms with Crippen LogP contribution in [0.1, 0.15) is 12.0 Å². The lowest BCUT2D eigenvalue weighted by atomic mass is 9.93. The van der Waals surface area contributed by atoms with E-state index >= 15 is 0 Å². The van der Waals surface area contributed by atoms with E-state index in [2.05, 4.69) is 11.9 Å². The van der Waals surface area contributed by atoms with Gasteiger partial charge in [-0.2, -0.15) is 0 Å². The molecule has 0 spiro atoms. The quantitative estimate of drug-likeness (QED) is 0.812. The van der Waals surface area contributed by atoms with Crippen molar-refractivity contribution in [1.82, 2.24) is 5.32 Å². The van der Waals surface area contributed by atoms with Crippen molar-refractivity contribution >= 4 is 6.09 Å². The van der Waals surface area contributed by atoms with Gasteiger partial charge in [0, 0.05) is 0 Å². The molecule has 1 aromatic carbocycles. The van der Waals surface area contributed by atoms with E-state index in [0.717, 1.165) is 5.56 Å². The van der Waals surface area contributed by atoms with Crippen LogP contribution in [0.2, 0.25) is 0 Å². The highest BCUT2D eigenvalue weighted by atomic mass is 16.6. The predicted octanol–water partition coefficient (Wildman–Crippen LogP) is 2.26. The summed E-state index contributed by atoms with van der Waals surface area (Å²) < 4.78 is 10.3. The lowest BCUT2D eigenvalue weighted by Crippen LogP contribution is -2.61. The number of nitrogens with one attached hydrogen (secondary N) is 1. The molecular formula is C14H17NO3. The maximum absolute atomic E-state index is 11.7. The molecule has 1 aliphatic heterocycles. The smallest absolute Gasteiger partial charge is 0.408 e. The molecule has 0 radical (unpaired) electrons. The Morgan fingerprint density at radius 3 is 2.72 bits per heavy atom. The van der Waals surface area contributed by atoms with Gasteiger partial charge in [0.05, 0.1) is 18.8 Å². The molecule has 0 aromatic heterocycles. The first-order valence-electron chi connectivity index (χ1n) is 5.92. The van der Waals surface area contributed by atoms with Gasteiger partial charge in [0.15, 0.2) is 0 Å². The minimum Gasteiger partial charge on any atom is -0.445 e. The molecule has 1 saturated heterocycles. The fraction of sp³-hybridized carbons (Fsp3) is 0.357. The predicted molar refractivity (Wildman–Crippen MR) is 68.1 cm³/mol. The van der Waals surface area contributed by atoms with Gasteiger partial charge in [0.1, 0.15) is 6.61 Å². The zero-order valence-electron chi connectivity index (χ0n) is 10.2. The summed E-state index contributed by atoms with van der Waals surface area (Å²) in [5, 5.41) is 2.84. The standard InChI is InChI=1S/C14H17NO3/c1-2-8-14(10-17-11-14)15-13(16)18-9-12-6-4-3-5-7-12/h2-7H,1,8-11H2,(H,15,16). The molecule has 1 heterocycles. The van der Waals surface area contributed by atoms with Gasteiger partial charge in [-0.05, 0) is 12.0 Å². The average Bonchev–Trinajstić information content (AvgIpc) is 2.35. The third-order valence-electron chi connectivity index (χ3n) is 2.87. The first-order valence-corrected chi connectivity index (χ1v) is 5.92. The third-order valence-corrected chi connectivity index (χ3v) is 2.87. The summed E-state index contributed by atoms with van der Waals surface area (Å²) in [5.74, 6) is 0. The van der Waals surface area contributed by atoms with Crippen molar-refractivity contribution < 1.29 is 14.3 Å². The monoisotopic (exact) mass is 247 g/mol. The van der Waals surface area contributed by atoms with E-state index in [4.69, 9.17) is 9.47 Å². The summed E-state index contributed by atoms with van der Waals surface area (Å²) in [6.45, 7) is 4.98. The van der Waals surface area contributed by atoms with Crippen LogP contribution in [0.3, 0.4) is 0 Å². The Morgan fingerprint density at radius 2 is 2.17 bits per heavy atom. The molecule has 1 amide bonds. The molecule has 96 valence electrons. The van der Waals surface area contributed by atoms with Crippen LogP contribution in [-0.4, -0.2) is 24.8 Å². The molecule has 0 saturated carbocycles. The highest BCUT2D eigenvalue weighted by molar-refractivity contribution is 5.68. The van der Waals surface area contributed by atoms with Crippen molar-refractivity contribution in [3.8, 4) is 0 Å². The Morgan fingerprint density at radius 1 is 1.44 bits per heavy atom. The number of hydrogen-bond donors (Lipinski definition) is 1. The minimum atomic E-state index is -0.413. The van der Waals surface area contributed by atoms with Crippen LogP contribution in [-0.2, 0) is 16.1 Å². The second-order valence-corrected chi connectivity index (χ2v) is 4.45. The Balaban J connectivity index is 1.80. The summed E-state index contributed by atoms with van der Waals surface area (Å²) in [5.41, 5.74) is 0.644. The highest BCUT2D eigenvalue weighted by Gasteiger charge is 2.39. The maximum atomic E-state index is 11.7. The van der Waals surface area contributed by atoms with Crippen LogP contribution in [0, 0.1) is 0 Å². The molecule has 18 heavy (non-hydrogen) atoms. The number of alkyl carbamates (subject to hydrolysis) is 1. The summed E-state index contributed by atoms with van der Waals surface area (Å²) in [4.78, 5) is 11.7. The average molecular weight is 247 g/mol. The van der Waals surface area contributed by atoms with E-state index in [1.165, 1.54) is 0 Å².